The second-order valence-corrected chi connectivity index (χ2v) is 30.6. The van der Waals surface area contributed by atoms with Gasteiger partial charge in [0.15, 0.2) is 23.9 Å². The first-order chi connectivity index (χ1) is 44.2. The van der Waals surface area contributed by atoms with Crippen LogP contribution in [0, 0.1) is 23.3 Å². The van der Waals surface area contributed by atoms with Gasteiger partial charge in [0.25, 0.3) is 50.6 Å². The van der Waals surface area contributed by atoms with Crippen LogP contribution in [-0.2, 0) is 100 Å². The quantitative estimate of drug-likeness (QED) is 0.00399. The summed E-state index contributed by atoms with van der Waals surface area (Å²) in [4.78, 5) is 8.53. The molecule has 0 aliphatic carbocycles. The van der Waals surface area contributed by atoms with Crippen molar-refractivity contribution in [2.45, 2.75) is 94.1 Å². The van der Waals surface area contributed by atoms with Gasteiger partial charge < -0.3 is 37.9 Å². The lowest BCUT2D eigenvalue weighted by molar-refractivity contribution is -0.441. The van der Waals surface area contributed by atoms with E-state index in [1.54, 1.807) is 41.6 Å². The number of hydrogen-bond donors (Lipinski definition) is 5. The Morgan fingerprint density at radius 1 is 0.579 bits per heavy atom. The van der Waals surface area contributed by atoms with Crippen LogP contribution < -0.4 is 9.64 Å². The number of carbonyl (C=O) groups excluding carboxylic acids is 1. The van der Waals surface area contributed by atoms with Crippen molar-refractivity contribution in [2.75, 3.05) is 90.8 Å². The summed E-state index contributed by atoms with van der Waals surface area (Å²) in [5.74, 6) is -14.4. The number of fused-ring (bicyclic) bond motifs is 6. The molecular weight excluding hydrogens is 1390 g/mol. The van der Waals surface area contributed by atoms with Gasteiger partial charge in [-0.2, -0.15) is 55.4 Å². The molecule has 0 amide bonds. The Morgan fingerprint density at radius 3 is 1.62 bits per heavy atom. The molecule has 0 aromatic heterocycles. The third-order valence-electron chi connectivity index (χ3n) is 15.8. The molecule has 7 rings (SSSR count). The molecule has 5 aromatic carbocycles. The average Bonchev–Trinajstić information content (AvgIpc) is 1.64. The van der Waals surface area contributed by atoms with Crippen molar-refractivity contribution in [1.82, 2.24) is 0 Å². The molecule has 2 aliphatic rings. The molecule has 2 heterocycles. The van der Waals surface area contributed by atoms with E-state index in [0.29, 0.717) is 48.1 Å². The molecule has 27 nitrogen and oxygen atoms in total. The highest BCUT2D eigenvalue weighted by Crippen LogP contribution is 2.54. The molecule has 2 atom stereocenters. The fourth-order valence-corrected chi connectivity index (χ4v) is 15.4. The molecule has 5 N–H and O–H groups in total. The lowest BCUT2D eigenvalue weighted by atomic mass is 9.74. The standard InChI is InChI=1S/C58H66F4N2O25S6/c1-57(19-11-31-90(66,67)68)46(64(22-24-84-3)43-18-16-38-40(49(43)57)32-36(91(69,70)71)34-44(38)93(75,76)77)12-7-5-8-13-47-58(2,20-23-86-27-28-88-30-29-87-26-25-85-4)50-41-33-37(92(72,73)74)35-45(94(78,79)80)39(41)15-17-42(50)63(47)21-10-6-9-14-48(65)89-55-51(59)53(61)56(95(81,82)83)54(62)52(55)60/h5,7-8,12-13,15-18,32-35H,6,9-11,14,19-31H2,1-4H3,(H5-,66,67,68,69,70,71,72,73,74,75,76,77,78,79,80,81,82,83). The number of methoxy groups -OCH3 is 2. The summed E-state index contributed by atoms with van der Waals surface area (Å²) < 4.78 is 305. The van der Waals surface area contributed by atoms with Crippen LogP contribution in [0.1, 0.15) is 69.9 Å². The first-order valence-electron chi connectivity index (χ1n) is 28.5. The third-order valence-corrected chi connectivity index (χ3v) is 20.9. The predicted molar refractivity (Wildman–Crippen MR) is 330 cm³/mol. The molecule has 0 radical (unpaired) electrons. The normalized spacial score (nSPS) is 17.8. The minimum Gasteiger partial charge on any atom is -0.744 e. The summed E-state index contributed by atoms with van der Waals surface area (Å²) in [5.41, 5.74) is -0.961. The summed E-state index contributed by atoms with van der Waals surface area (Å²) in [6.45, 7) is 4.55. The number of ether oxygens (including phenoxy) is 6. The highest BCUT2D eigenvalue weighted by atomic mass is 32.2. The zero-order valence-corrected chi connectivity index (χ0v) is 55.9. The SMILES string of the molecule is COCCOCCOCCOCCC1(C)\C(=C/C=C/C=C/C2=[N+](CCOC)c3ccc4c(S(=O)(=O)O)cc(S(=O)(=O)O)cc4c3C2(C)CCCS(=O)(=O)O)N(CCCCCC(=O)Oc2c(F)c(F)c(S(=O)(=O)[O-])c(F)c2F)c2ccc3c(S(=O)(=O)O)cc(S(=O)(=O)O)cc3c21. The summed E-state index contributed by atoms with van der Waals surface area (Å²) in [6, 6.07) is 8.68. The maximum absolute atomic E-state index is 14.8. The van der Waals surface area contributed by atoms with Crippen molar-refractivity contribution in [1.29, 1.82) is 0 Å². The van der Waals surface area contributed by atoms with E-state index < -0.39 is 143 Å². The molecule has 0 saturated heterocycles. The van der Waals surface area contributed by atoms with Crippen molar-refractivity contribution < 1.29 is 133 Å². The number of benzene rings is 5. The van der Waals surface area contributed by atoms with Gasteiger partial charge in [0, 0.05) is 79.1 Å². The summed E-state index contributed by atoms with van der Waals surface area (Å²) >= 11 is 0. The number of anilines is 1. The molecule has 0 bridgehead atoms. The van der Waals surface area contributed by atoms with Crippen LogP contribution in [0.4, 0.5) is 28.9 Å². The van der Waals surface area contributed by atoms with E-state index in [2.05, 4.69) is 4.74 Å². The van der Waals surface area contributed by atoms with Crippen LogP contribution in [0.15, 0.2) is 109 Å². The van der Waals surface area contributed by atoms with Crippen molar-refractivity contribution in [3.8, 4) is 5.75 Å². The van der Waals surface area contributed by atoms with Crippen LogP contribution in [0.5, 0.6) is 5.75 Å². The van der Waals surface area contributed by atoms with E-state index >= 15 is 0 Å². The first-order valence-corrected chi connectivity index (χ1v) is 37.3. The topological polar surface area (TPSA) is 408 Å². The van der Waals surface area contributed by atoms with Crippen molar-refractivity contribution in [2.24, 2.45) is 0 Å². The van der Waals surface area contributed by atoms with Crippen LogP contribution >= 0.6 is 0 Å². The second-order valence-electron chi connectivity index (χ2n) is 22.1. The van der Waals surface area contributed by atoms with Crippen LogP contribution in [0.2, 0.25) is 0 Å². The average molecular weight is 1460 g/mol. The Kier molecular flexibility index (Phi) is 24.2. The van der Waals surface area contributed by atoms with Crippen LogP contribution in [-0.4, -0.2) is 180 Å². The van der Waals surface area contributed by atoms with Gasteiger partial charge in [-0.05, 0) is 105 Å². The Balaban J connectivity index is 1.34. The van der Waals surface area contributed by atoms with E-state index in [-0.39, 0.29) is 124 Å². The van der Waals surface area contributed by atoms with Gasteiger partial charge in [-0.15, -0.1) is 0 Å². The fourth-order valence-electron chi connectivity index (χ4n) is 11.6. The Morgan fingerprint density at radius 2 is 1.11 bits per heavy atom. The lowest BCUT2D eigenvalue weighted by Gasteiger charge is -2.31. The van der Waals surface area contributed by atoms with Crippen LogP contribution in [0.25, 0.3) is 21.5 Å². The minimum atomic E-state index is -6.09. The minimum absolute atomic E-state index is 0.00352. The summed E-state index contributed by atoms with van der Waals surface area (Å²) in [7, 11) is -28.6. The zero-order chi connectivity index (χ0) is 70.4. The largest absolute Gasteiger partial charge is 0.744 e. The van der Waals surface area contributed by atoms with Gasteiger partial charge in [-0.25, -0.2) is 17.2 Å². The summed E-state index contributed by atoms with van der Waals surface area (Å²) in [6.07, 6.45) is 6.80. The molecule has 0 fully saturated rings. The number of esters is 1. The maximum atomic E-state index is 14.8. The van der Waals surface area contributed by atoms with Gasteiger partial charge in [-0.1, -0.05) is 30.7 Å². The van der Waals surface area contributed by atoms with E-state index in [4.69, 9.17) is 23.7 Å². The number of rotatable bonds is 34. The van der Waals surface area contributed by atoms with Gasteiger partial charge >= 0.3 is 5.97 Å². The number of unbranched alkanes of at least 4 members (excludes halogenated alkanes) is 2. The maximum Gasteiger partial charge on any atom is 0.311 e. The molecule has 5 aromatic rings. The number of allylic oxidation sites excluding steroid dienone is 6. The molecule has 0 spiro atoms. The number of hydrogen-bond acceptors (Lipinski definition) is 21. The van der Waals surface area contributed by atoms with Gasteiger partial charge in [0.2, 0.25) is 23.1 Å². The van der Waals surface area contributed by atoms with E-state index in [0.717, 1.165) is 12.1 Å². The fraction of sp³-hybridized carbons (Fsp3) is 0.414. The molecule has 2 aliphatic heterocycles. The second kappa shape index (κ2) is 30.3. The smallest absolute Gasteiger partial charge is 0.311 e. The number of nitrogens with zero attached hydrogens (tertiary/aromatic N) is 2. The molecule has 37 heteroatoms. The lowest BCUT2D eigenvalue weighted by Crippen LogP contribution is -2.32. The third kappa shape index (κ3) is 17.6. The van der Waals surface area contributed by atoms with E-state index in [9.17, 15) is 100 Å². The molecule has 522 valence electrons. The number of carbonyl (C=O) groups is 1. The summed E-state index contributed by atoms with van der Waals surface area (Å²) in [5, 5.41) is -0.546. The first kappa shape index (κ1) is 76.1. The van der Waals surface area contributed by atoms with Crippen molar-refractivity contribution >= 4 is 105 Å². The Hall–Kier alpha value is -6.24. The predicted octanol–water partition coefficient (Wildman–Crippen LogP) is 7.14. The van der Waals surface area contributed by atoms with Crippen molar-refractivity contribution in [3.63, 3.8) is 0 Å². The molecule has 0 saturated carbocycles. The van der Waals surface area contributed by atoms with E-state index in [1.165, 1.54) is 50.6 Å². The number of halogens is 4. The van der Waals surface area contributed by atoms with Gasteiger partial charge in [-0.3, -0.25) is 27.6 Å². The zero-order valence-electron chi connectivity index (χ0n) is 51.0. The molecule has 2 unspecified atom stereocenters. The highest BCUT2D eigenvalue weighted by molar-refractivity contribution is 7.87. The molecular formula is C58H66F4N2O25S6. The Bertz CT molecular complexity index is 4630. The highest BCUT2D eigenvalue weighted by Gasteiger charge is 2.50. The van der Waals surface area contributed by atoms with Crippen molar-refractivity contribution in [3.05, 3.63) is 119 Å². The Labute approximate surface area is 545 Å². The molecule has 95 heavy (non-hydrogen) atoms. The monoisotopic (exact) mass is 1460 g/mol. The van der Waals surface area contributed by atoms with Gasteiger partial charge in [0.05, 0.1) is 60.6 Å². The van der Waals surface area contributed by atoms with Crippen LogP contribution in [0.3, 0.4) is 0 Å². The van der Waals surface area contributed by atoms with Gasteiger partial charge in [0.1, 0.15) is 31.4 Å². The van der Waals surface area contributed by atoms with E-state index in [1.807, 2.05) is 0 Å².